The Morgan fingerprint density at radius 3 is 2.07 bits per heavy atom. The van der Waals surface area contributed by atoms with Crippen molar-refractivity contribution in [3.63, 3.8) is 0 Å². The predicted molar refractivity (Wildman–Crippen MR) is 126 cm³/mol. The zero-order valence-corrected chi connectivity index (χ0v) is 18.3. The molecule has 0 aliphatic carbocycles. The van der Waals surface area contributed by atoms with Crippen LogP contribution in [0.3, 0.4) is 0 Å². The van der Waals surface area contributed by atoms with Gasteiger partial charge in [-0.15, -0.1) is 0 Å². The Hall–Kier alpha value is -1.93. The van der Waals surface area contributed by atoms with E-state index in [4.69, 9.17) is 5.73 Å². The van der Waals surface area contributed by atoms with E-state index in [1.165, 1.54) is 6.42 Å². The first-order valence-corrected chi connectivity index (χ1v) is 11.4. The lowest BCUT2D eigenvalue weighted by Gasteiger charge is -2.08. The van der Waals surface area contributed by atoms with E-state index in [0.717, 1.165) is 88.0 Å². The largest absolute Gasteiger partial charge is 0.361 e. The van der Waals surface area contributed by atoms with E-state index in [9.17, 15) is 4.79 Å². The zero-order chi connectivity index (χ0) is 21.3. The number of benzene rings is 1. The van der Waals surface area contributed by atoms with Gasteiger partial charge in [0.05, 0.1) is 6.42 Å². The van der Waals surface area contributed by atoms with Crippen LogP contribution in [-0.4, -0.2) is 63.2 Å². The van der Waals surface area contributed by atoms with Crippen molar-refractivity contribution in [3.05, 3.63) is 36.0 Å². The highest BCUT2D eigenvalue weighted by atomic mass is 16.2. The monoisotopic (exact) mass is 417 g/mol. The van der Waals surface area contributed by atoms with Crippen molar-refractivity contribution in [3.8, 4) is 0 Å². The van der Waals surface area contributed by atoms with Crippen LogP contribution in [0.4, 0.5) is 0 Å². The number of para-hydroxylation sites is 1. The fourth-order valence-corrected chi connectivity index (χ4v) is 3.40. The normalized spacial score (nSPS) is 11.2. The van der Waals surface area contributed by atoms with Crippen LogP contribution in [0.1, 0.15) is 37.7 Å². The number of H-pyrrole nitrogens is 1. The number of hydrogen-bond donors (Lipinski definition) is 6. The molecule has 1 heterocycles. The van der Waals surface area contributed by atoms with Crippen LogP contribution >= 0.6 is 0 Å². The molecule has 0 aliphatic rings. The molecule has 0 fully saturated rings. The van der Waals surface area contributed by atoms with Crippen molar-refractivity contribution in [1.29, 1.82) is 0 Å². The number of nitrogens with one attached hydrogen (secondary N) is 5. The average Bonchev–Trinajstić information content (AvgIpc) is 3.16. The molecule has 7 N–H and O–H groups in total. The molecule has 0 atom stereocenters. The third-order valence-electron chi connectivity index (χ3n) is 5.10. The lowest BCUT2D eigenvalue weighted by molar-refractivity contribution is -0.120. The van der Waals surface area contributed by atoms with Crippen LogP contribution in [0.25, 0.3) is 10.9 Å². The van der Waals surface area contributed by atoms with E-state index in [-0.39, 0.29) is 5.91 Å². The second-order valence-corrected chi connectivity index (χ2v) is 7.69. The fraction of sp³-hybridized carbons (Fsp3) is 0.609. The van der Waals surface area contributed by atoms with E-state index in [0.29, 0.717) is 13.0 Å². The Labute approximate surface area is 180 Å². The lowest BCUT2D eigenvalue weighted by atomic mass is 10.1. The van der Waals surface area contributed by atoms with Crippen molar-refractivity contribution >= 4 is 16.8 Å². The van der Waals surface area contributed by atoms with Crippen molar-refractivity contribution in [2.45, 2.75) is 38.5 Å². The molecule has 0 saturated carbocycles. The van der Waals surface area contributed by atoms with Crippen LogP contribution in [0.15, 0.2) is 30.5 Å². The van der Waals surface area contributed by atoms with Crippen molar-refractivity contribution in [2.24, 2.45) is 5.73 Å². The maximum absolute atomic E-state index is 12.1. The minimum atomic E-state index is 0.0813. The van der Waals surface area contributed by atoms with E-state index in [1.54, 1.807) is 0 Å². The van der Waals surface area contributed by atoms with Crippen molar-refractivity contribution in [1.82, 2.24) is 26.3 Å². The molecule has 7 heteroatoms. The number of aromatic nitrogens is 1. The van der Waals surface area contributed by atoms with Crippen LogP contribution in [0.5, 0.6) is 0 Å². The average molecular weight is 418 g/mol. The van der Waals surface area contributed by atoms with Gasteiger partial charge in [-0.25, -0.2) is 0 Å². The summed E-state index contributed by atoms with van der Waals surface area (Å²) in [6.45, 7) is 7.69. The first-order chi connectivity index (χ1) is 14.8. The lowest BCUT2D eigenvalue weighted by Crippen LogP contribution is -2.29. The molecule has 1 amide bonds. The SMILES string of the molecule is NCCCCNCCCNCCCNCCC[15NH]C(=O)Cc1c[nH]c2ccccc12. The molecule has 1 aromatic heterocycles. The minimum Gasteiger partial charge on any atom is -0.361 e. The van der Waals surface area contributed by atoms with Crippen LogP contribution < -0.4 is 27.0 Å². The Kier molecular flexibility index (Phi) is 12.9. The highest BCUT2D eigenvalue weighted by Gasteiger charge is 2.07. The van der Waals surface area contributed by atoms with Gasteiger partial charge in [-0.2, -0.15) is 0 Å². The highest BCUT2D eigenvalue weighted by Crippen LogP contribution is 2.17. The molecule has 0 unspecified atom stereocenters. The third-order valence-corrected chi connectivity index (χ3v) is 5.10. The van der Waals surface area contributed by atoms with Gasteiger partial charge in [0.1, 0.15) is 0 Å². The molecular formula is C23H40N6O. The van der Waals surface area contributed by atoms with Gasteiger partial charge in [0.15, 0.2) is 0 Å². The highest BCUT2D eigenvalue weighted by molar-refractivity contribution is 5.88. The molecule has 30 heavy (non-hydrogen) atoms. The number of amides is 1. The van der Waals surface area contributed by atoms with Gasteiger partial charge in [0, 0.05) is 23.6 Å². The van der Waals surface area contributed by atoms with Crippen molar-refractivity contribution < 1.29 is 4.79 Å². The summed E-state index contributed by atoms with van der Waals surface area (Å²) in [5.41, 5.74) is 7.60. The molecule has 7 nitrogen and oxygen atoms in total. The molecule has 0 spiro atoms. The van der Waals surface area contributed by atoms with Gasteiger partial charge < -0.3 is 32.0 Å². The topological polar surface area (TPSA) is 107 Å². The summed E-state index contributed by atoms with van der Waals surface area (Å²) in [7, 11) is 0. The van der Waals surface area contributed by atoms with Gasteiger partial charge in [0.2, 0.25) is 5.91 Å². The van der Waals surface area contributed by atoms with Gasteiger partial charge in [-0.1, -0.05) is 18.2 Å². The summed E-state index contributed by atoms with van der Waals surface area (Å²) in [6, 6.07) is 8.08. The number of rotatable bonds is 18. The number of fused-ring (bicyclic) bond motifs is 1. The molecule has 168 valence electrons. The smallest absolute Gasteiger partial charge is 0.224 e. The number of carbonyl (C=O) groups is 1. The molecule has 0 bridgehead atoms. The fourth-order valence-electron chi connectivity index (χ4n) is 3.40. The number of nitrogens with two attached hydrogens (primary N) is 1. The van der Waals surface area contributed by atoms with Crippen LogP contribution in [-0.2, 0) is 11.2 Å². The second kappa shape index (κ2) is 15.8. The van der Waals surface area contributed by atoms with Crippen LogP contribution in [0.2, 0.25) is 0 Å². The first kappa shape index (κ1) is 24.3. The van der Waals surface area contributed by atoms with Gasteiger partial charge >= 0.3 is 0 Å². The summed E-state index contributed by atoms with van der Waals surface area (Å²) >= 11 is 0. The molecule has 0 saturated heterocycles. The maximum atomic E-state index is 12.1. The Morgan fingerprint density at radius 1 is 0.800 bits per heavy atom. The minimum absolute atomic E-state index is 0.0813. The molecular weight excluding hydrogens is 377 g/mol. The number of aromatic amines is 1. The predicted octanol–water partition coefficient (Wildman–Crippen LogP) is 1.50. The van der Waals surface area contributed by atoms with Crippen LogP contribution in [0, 0.1) is 0 Å². The third kappa shape index (κ3) is 10.2. The van der Waals surface area contributed by atoms with Gasteiger partial charge in [-0.3, -0.25) is 4.79 Å². The summed E-state index contributed by atoms with van der Waals surface area (Å²) < 4.78 is 0. The summed E-state index contributed by atoms with van der Waals surface area (Å²) in [5.74, 6) is 0.0813. The summed E-state index contributed by atoms with van der Waals surface area (Å²) in [6.07, 6.45) is 7.86. The van der Waals surface area contributed by atoms with Crippen molar-refractivity contribution in [2.75, 3.05) is 52.4 Å². The molecule has 2 rings (SSSR count). The maximum Gasteiger partial charge on any atom is 0.224 e. The second-order valence-electron chi connectivity index (χ2n) is 7.69. The van der Waals surface area contributed by atoms with E-state index >= 15 is 0 Å². The number of hydrogen-bond acceptors (Lipinski definition) is 5. The number of unbranched alkanes of at least 4 members (excludes halogenated alkanes) is 1. The van der Waals surface area contributed by atoms with Gasteiger partial charge in [0.25, 0.3) is 0 Å². The Balaban J connectivity index is 1.35. The Morgan fingerprint density at radius 2 is 1.40 bits per heavy atom. The number of carbonyl (C=O) groups excluding carboxylic acids is 1. The molecule has 0 radical (unpaired) electrons. The zero-order valence-electron chi connectivity index (χ0n) is 18.3. The quantitative estimate of drug-likeness (QED) is 0.163. The molecule has 0 aliphatic heterocycles. The summed E-state index contributed by atoms with van der Waals surface area (Å²) in [5, 5.41) is 14.5. The van der Waals surface area contributed by atoms with E-state index in [2.05, 4.69) is 32.3 Å². The Bertz CT molecular complexity index is 702. The molecule has 2 aromatic rings. The summed E-state index contributed by atoms with van der Waals surface area (Å²) in [4.78, 5) is 15.4. The van der Waals surface area contributed by atoms with E-state index in [1.807, 2.05) is 24.4 Å². The first-order valence-electron chi connectivity index (χ1n) is 11.4. The van der Waals surface area contributed by atoms with Gasteiger partial charge in [-0.05, 0) is 89.5 Å². The molecule has 1 aromatic carbocycles. The van der Waals surface area contributed by atoms with E-state index < -0.39 is 0 Å². The standard InChI is InChI=1S/C23H40N6O/c24-10-3-4-11-25-12-5-13-26-14-6-15-27-16-7-17-28-23(30)18-20-19-29-22-9-2-1-8-21(20)22/h1-2,8-9,19,25-27,29H,3-7,10-18,24H2,(H,28,30)/i28+1.